The monoisotopic (exact) mass is 429 g/mol. The van der Waals surface area contributed by atoms with Crippen molar-refractivity contribution in [1.82, 2.24) is 14.5 Å². The average Bonchev–Trinajstić information content (AvgIpc) is 3.36. The van der Waals surface area contributed by atoms with Crippen LogP contribution in [0.1, 0.15) is 55.4 Å². The number of carbonyl (C=O) groups excluding carboxylic acids is 1. The van der Waals surface area contributed by atoms with Gasteiger partial charge >= 0.3 is 0 Å². The number of nitrogens with zero attached hydrogens (tertiary/aromatic N) is 5. The van der Waals surface area contributed by atoms with Crippen molar-refractivity contribution in [2.75, 3.05) is 22.9 Å². The number of aromatic nitrogens is 3. The van der Waals surface area contributed by atoms with E-state index in [1.807, 2.05) is 17.2 Å². The summed E-state index contributed by atoms with van der Waals surface area (Å²) < 4.78 is 2.35. The first-order valence-corrected chi connectivity index (χ1v) is 11.6. The molecule has 6 nitrogen and oxygen atoms in total. The maximum Gasteiger partial charge on any atom is 0.227 e. The molecule has 0 N–H and O–H groups in total. The van der Waals surface area contributed by atoms with E-state index >= 15 is 0 Å². The molecule has 1 aromatic carbocycles. The lowest BCUT2D eigenvalue weighted by Gasteiger charge is -2.32. The van der Waals surface area contributed by atoms with E-state index in [1.165, 1.54) is 11.4 Å². The lowest BCUT2D eigenvalue weighted by Crippen LogP contribution is -2.34. The number of hydrogen-bond acceptors (Lipinski definition) is 4. The molecule has 0 spiro atoms. The zero-order valence-corrected chi connectivity index (χ0v) is 19.4. The fourth-order valence-corrected chi connectivity index (χ4v) is 5.10. The third kappa shape index (κ3) is 3.48. The van der Waals surface area contributed by atoms with Crippen LogP contribution in [-0.2, 0) is 17.9 Å². The molecule has 1 amide bonds. The molecule has 2 aliphatic heterocycles. The Morgan fingerprint density at radius 2 is 1.91 bits per heavy atom. The number of imidazole rings is 1. The fraction of sp³-hybridized carbons (Fsp3) is 0.423. The number of rotatable bonds is 4. The van der Waals surface area contributed by atoms with Gasteiger partial charge in [-0.2, -0.15) is 0 Å². The summed E-state index contributed by atoms with van der Waals surface area (Å²) in [5, 5.41) is 0. The van der Waals surface area contributed by atoms with Crippen molar-refractivity contribution in [3.8, 4) is 11.3 Å². The molecule has 0 radical (unpaired) electrons. The summed E-state index contributed by atoms with van der Waals surface area (Å²) in [5.74, 6) is 1.64. The van der Waals surface area contributed by atoms with Crippen molar-refractivity contribution in [3.05, 3.63) is 59.3 Å². The summed E-state index contributed by atoms with van der Waals surface area (Å²) in [6.07, 6.45) is 3.48. The second-order valence-electron chi connectivity index (χ2n) is 9.24. The van der Waals surface area contributed by atoms with Crippen LogP contribution >= 0.6 is 0 Å². The van der Waals surface area contributed by atoms with Gasteiger partial charge < -0.3 is 14.4 Å². The van der Waals surface area contributed by atoms with Gasteiger partial charge in [-0.1, -0.05) is 13.8 Å². The maximum atomic E-state index is 12.2. The van der Waals surface area contributed by atoms with E-state index in [1.54, 1.807) is 0 Å². The molecule has 0 atom stereocenters. The third-order valence-corrected chi connectivity index (χ3v) is 6.75. The highest BCUT2D eigenvalue weighted by Gasteiger charge is 2.27. The number of benzene rings is 1. The molecule has 0 unspecified atom stereocenters. The first-order valence-electron chi connectivity index (χ1n) is 11.6. The van der Waals surface area contributed by atoms with Gasteiger partial charge in [0.2, 0.25) is 5.91 Å². The SMILES string of the molecule is Cc1cc(N2CCn3c(C)nc(-c4cccnc4C(C)C)c3C2)ccc1N1CCCC1=O. The Morgan fingerprint density at radius 3 is 2.62 bits per heavy atom. The standard InChI is InChI=1S/C26H31N5O/c1-17(2)25-21(7-5-11-27-25)26-23-16-29(13-14-30(23)19(4)28-26)20-9-10-22(18(3)15-20)31-12-6-8-24(31)32/h5,7,9-11,15,17H,6,8,12-14,16H2,1-4H3. The van der Waals surface area contributed by atoms with Crippen LogP contribution in [0.4, 0.5) is 11.4 Å². The van der Waals surface area contributed by atoms with Gasteiger partial charge in [0.15, 0.2) is 0 Å². The predicted octanol–water partition coefficient (Wildman–Crippen LogP) is 4.83. The van der Waals surface area contributed by atoms with E-state index in [0.29, 0.717) is 12.3 Å². The molecule has 2 aromatic heterocycles. The molecule has 32 heavy (non-hydrogen) atoms. The Morgan fingerprint density at radius 1 is 1.06 bits per heavy atom. The van der Waals surface area contributed by atoms with Crippen molar-refractivity contribution in [2.24, 2.45) is 0 Å². The molecule has 1 saturated heterocycles. The van der Waals surface area contributed by atoms with Gasteiger partial charge in [-0.3, -0.25) is 9.78 Å². The normalized spacial score (nSPS) is 16.2. The van der Waals surface area contributed by atoms with Crippen LogP contribution in [0.2, 0.25) is 0 Å². The molecule has 6 heteroatoms. The Kier molecular flexibility index (Phi) is 5.24. The predicted molar refractivity (Wildman–Crippen MR) is 128 cm³/mol. The summed E-state index contributed by atoms with van der Waals surface area (Å²) in [6, 6.07) is 10.7. The number of aryl methyl sites for hydroxylation is 2. The minimum atomic E-state index is 0.236. The lowest BCUT2D eigenvalue weighted by atomic mass is 10.00. The van der Waals surface area contributed by atoms with E-state index in [2.05, 4.69) is 66.4 Å². The van der Waals surface area contributed by atoms with Gasteiger partial charge in [0.1, 0.15) is 5.82 Å². The van der Waals surface area contributed by atoms with Crippen molar-refractivity contribution < 1.29 is 4.79 Å². The summed E-state index contributed by atoms with van der Waals surface area (Å²) in [5.41, 5.74) is 7.94. The molecule has 1 fully saturated rings. The van der Waals surface area contributed by atoms with Crippen LogP contribution < -0.4 is 9.80 Å². The Labute approximate surface area is 189 Å². The van der Waals surface area contributed by atoms with Gasteiger partial charge in [0, 0.05) is 49.2 Å². The topological polar surface area (TPSA) is 54.3 Å². The quantitative estimate of drug-likeness (QED) is 0.596. The highest BCUT2D eigenvalue weighted by atomic mass is 16.2. The third-order valence-electron chi connectivity index (χ3n) is 6.75. The number of hydrogen-bond donors (Lipinski definition) is 0. The van der Waals surface area contributed by atoms with Crippen molar-refractivity contribution in [3.63, 3.8) is 0 Å². The molecule has 3 aromatic rings. The molecule has 0 aliphatic carbocycles. The van der Waals surface area contributed by atoms with Gasteiger partial charge in [0.05, 0.1) is 23.6 Å². The molecule has 0 bridgehead atoms. The zero-order chi connectivity index (χ0) is 22.4. The number of anilines is 2. The van der Waals surface area contributed by atoms with Crippen molar-refractivity contribution in [1.29, 1.82) is 0 Å². The summed E-state index contributed by atoms with van der Waals surface area (Å²) >= 11 is 0. The maximum absolute atomic E-state index is 12.2. The van der Waals surface area contributed by atoms with Crippen LogP contribution in [0.25, 0.3) is 11.3 Å². The highest BCUT2D eigenvalue weighted by molar-refractivity contribution is 5.96. The van der Waals surface area contributed by atoms with Gasteiger partial charge in [-0.25, -0.2) is 4.98 Å². The highest BCUT2D eigenvalue weighted by Crippen LogP contribution is 2.35. The number of pyridine rings is 1. The smallest absolute Gasteiger partial charge is 0.227 e. The fourth-order valence-electron chi connectivity index (χ4n) is 5.10. The Balaban J connectivity index is 1.48. The van der Waals surface area contributed by atoms with E-state index in [0.717, 1.165) is 66.6 Å². The second-order valence-corrected chi connectivity index (χ2v) is 9.24. The van der Waals surface area contributed by atoms with Gasteiger partial charge in [-0.05, 0) is 62.1 Å². The molecule has 0 saturated carbocycles. The molecular weight excluding hydrogens is 398 g/mol. The summed E-state index contributed by atoms with van der Waals surface area (Å²) in [6.45, 7) is 12.1. The molecule has 166 valence electrons. The Hall–Kier alpha value is -3.15. The van der Waals surface area contributed by atoms with Crippen LogP contribution in [0, 0.1) is 13.8 Å². The number of fused-ring (bicyclic) bond motifs is 1. The summed E-state index contributed by atoms with van der Waals surface area (Å²) in [7, 11) is 0. The molecular formula is C26H31N5O. The molecule has 4 heterocycles. The van der Waals surface area contributed by atoms with Crippen LogP contribution in [0.3, 0.4) is 0 Å². The molecule has 5 rings (SSSR count). The number of carbonyl (C=O) groups is 1. The van der Waals surface area contributed by atoms with Crippen LogP contribution in [0.15, 0.2) is 36.5 Å². The van der Waals surface area contributed by atoms with E-state index < -0.39 is 0 Å². The molecule has 2 aliphatic rings. The zero-order valence-electron chi connectivity index (χ0n) is 19.4. The second kappa shape index (κ2) is 8.08. The van der Waals surface area contributed by atoms with E-state index in [9.17, 15) is 4.79 Å². The summed E-state index contributed by atoms with van der Waals surface area (Å²) in [4.78, 5) is 26.2. The minimum Gasteiger partial charge on any atom is -0.364 e. The minimum absolute atomic E-state index is 0.236. The first-order chi connectivity index (χ1) is 15.4. The van der Waals surface area contributed by atoms with Crippen LogP contribution in [-0.4, -0.2) is 33.5 Å². The number of amides is 1. The average molecular weight is 430 g/mol. The van der Waals surface area contributed by atoms with Crippen molar-refractivity contribution >= 4 is 17.3 Å². The van der Waals surface area contributed by atoms with Crippen LogP contribution in [0.5, 0.6) is 0 Å². The lowest BCUT2D eigenvalue weighted by molar-refractivity contribution is -0.117. The van der Waals surface area contributed by atoms with Gasteiger partial charge in [0.25, 0.3) is 0 Å². The Bertz CT molecular complexity index is 1180. The van der Waals surface area contributed by atoms with Gasteiger partial charge in [-0.15, -0.1) is 0 Å². The van der Waals surface area contributed by atoms with E-state index in [-0.39, 0.29) is 5.91 Å². The van der Waals surface area contributed by atoms with Crippen molar-refractivity contribution in [2.45, 2.75) is 59.5 Å². The first kappa shape index (κ1) is 20.7. The largest absolute Gasteiger partial charge is 0.364 e. The van der Waals surface area contributed by atoms with E-state index in [4.69, 9.17) is 4.98 Å².